The molecule has 0 radical (unpaired) electrons. The SMILES string of the molecule is FC(F)(F)c1cnc2[nH]c(-c3cccc(N4CCOCC4)c3)cc2c1C1=CCN=C1. The van der Waals surface area contributed by atoms with E-state index in [1.165, 1.54) is 6.21 Å². The van der Waals surface area contributed by atoms with Crippen LogP contribution in [0.3, 0.4) is 0 Å². The Balaban J connectivity index is 1.62. The highest BCUT2D eigenvalue weighted by atomic mass is 19.4. The first-order valence-electron chi connectivity index (χ1n) is 9.73. The standard InChI is InChI=1S/C22H19F3N4O/c23-22(24,25)18-13-27-21-17(20(18)15-4-5-26-12-15)11-19(28-21)14-2-1-3-16(10-14)29-6-8-30-9-7-29/h1-4,10-13H,5-9H2,(H,27,28). The molecule has 1 N–H and O–H groups in total. The van der Waals surface area contributed by atoms with Gasteiger partial charge in [0, 0.05) is 53.4 Å². The fourth-order valence-corrected chi connectivity index (χ4v) is 3.97. The molecule has 8 heteroatoms. The molecule has 0 amide bonds. The molecule has 154 valence electrons. The third-order valence-electron chi connectivity index (χ3n) is 5.43. The number of alkyl halides is 3. The van der Waals surface area contributed by atoms with Gasteiger partial charge in [-0.15, -0.1) is 0 Å². The molecule has 1 aromatic carbocycles. The number of hydrogen-bond donors (Lipinski definition) is 1. The van der Waals surface area contributed by atoms with Gasteiger partial charge in [-0.05, 0) is 23.8 Å². The van der Waals surface area contributed by atoms with Crippen molar-refractivity contribution in [3.8, 4) is 11.3 Å². The number of morpholine rings is 1. The van der Waals surface area contributed by atoms with Gasteiger partial charge in [0.25, 0.3) is 0 Å². The number of ether oxygens (including phenoxy) is 1. The molecule has 0 spiro atoms. The number of aromatic nitrogens is 2. The number of benzene rings is 1. The molecule has 1 saturated heterocycles. The Hall–Kier alpha value is -3.13. The summed E-state index contributed by atoms with van der Waals surface area (Å²) in [5.41, 5.74) is 2.95. The van der Waals surface area contributed by atoms with Crippen molar-refractivity contribution in [3.05, 3.63) is 53.7 Å². The topological polar surface area (TPSA) is 53.5 Å². The number of anilines is 1. The maximum absolute atomic E-state index is 13.7. The van der Waals surface area contributed by atoms with E-state index in [0.29, 0.717) is 36.4 Å². The van der Waals surface area contributed by atoms with E-state index in [0.717, 1.165) is 36.2 Å². The molecule has 2 aliphatic heterocycles. The number of rotatable bonds is 3. The van der Waals surface area contributed by atoms with E-state index in [-0.39, 0.29) is 5.56 Å². The molecule has 30 heavy (non-hydrogen) atoms. The van der Waals surface area contributed by atoms with Gasteiger partial charge < -0.3 is 14.6 Å². The van der Waals surface area contributed by atoms with Crippen LogP contribution in [0.15, 0.2) is 47.6 Å². The minimum absolute atomic E-state index is 0.126. The van der Waals surface area contributed by atoms with E-state index in [1.807, 2.05) is 24.3 Å². The number of H-pyrrole nitrogens is 1. The third kappa shape index (κ3) is 3.37. The summed E-state index contributed by atoms with van der Waals surface area (Å²) < 4.78 is 46.5. The van der Waals surface area contributed by atoms with E-state index in [4.69, 9.17) is 4.74 Å². The molecule has 0 atom stereocenters. The molecule has 0 aliphatic carbocycles. The first-order valence-corrected chi connectivity index (χ1v) is 9.73. The number of halogens is 3. The van der Waals surface area contributed by atoms with Gasteiger partial charge in [-0.2, -0.15) is 13.2 Å². The summed E-state index contributed by atoms with van der Waals surface area (Å²) in [5.74, 6) is 0. The quantitative estimate of drug-likeness (QED) is 0.687. The predicted octanol–water partition coefficient (Wildman–Crippen LogP) is 4.55. The van der Waals surface area contributed by atoms with Gasteiger partial charge in [0.05, 0.1) is 25.3 Å². The lowest BCUT2D eigenvalue weighted by Gasteiger charge is -2.29. The maximum atomic E-state index is 13.7. The largest absolute Gasteiger partial charge is 0.418 e. The summed E-state index contributed by atoms with van der Waals surface area (Å²) in [6.45, 7) is 3.37. The van der Waals surface area contributed by atoms with Crippen molar-refractivity contribution in [3.63, 3.8) is 0 Å². The number of allylic oxidation sites excluding steroid dienone is 1. The van der Waals surface area contributed by atoms with Crippen LogP contribution in [-0.4, -0.2) is 49.0 Å². The van der Waals surface area contributed by atoms with E-state index >= 15 is 0 Å². The van der Waals surface area contributed by atoms with Gasteiger partial charge in [0.1, 0.15) is 5.65 Å². The number of nitrogens with zero attached hydrogens (tertiary/aromatic N) is 3. The second-order valence-corrected chi connectivity index (χ2v) is 7.29. The Labute approximate surface area is 170 Å². The van der Waals surface area contributed by atoms with Gasteiger partial charge in [0.15, 0.2) is 0 Å². The van der Waals surface area contributed by atoms with Crippen LogP contribution in [0.1, 0.15) is 11.1 Å². The lowest BCUT2D eigenvalue weighted by Crippen LogP contribution is -2.36. The third-order valence-corrected chi connectivity index (χ3v) is 5.43. The maximum Gasteiger partial charge on any atom is 0.418 e. The molecular formula is C22H19F3N4O. The summed E-state index contributed by atoms with van der Waals surface area (Å²) in [4.78, 5) is 13.6. The second-order valence-electron chi connectivity index (χ2n) is 7.29. The minimum Gasteiger partial charge on any atom is -0.378 e. The fourth-order valence-electron chi connectivity index (χ4n) is 3.97. The Morgan fingerprint density at radius 3 is 2.67 bits per heavy atom. The number of fused-ring (bicyclic) bond motifs is 1. The summed E-state index contributed by atoms with van der Waals surface area (Å²) in [7, 11) is 0. The second kappa shape index (κ2) is 7.28. The zero-order valence-corrected chi connectivity index (χ0v) is 16.0. The highest BCUT2D eigenvalue weighted by Gasteiger charge is 2.36. The number of nitrogens with one attached hydrogen (secondary N) is 1. The van der Waals surface area contributed by atoms with E-state index < -0.39 is 11.7 Å². The molecule has 0 bridgehead atoms. The highest BCUT2D eigenvalue weighted by molar-refractivity contribution is 6.16. The fraction of sp³-hybridized carbons (Fsp3) is 0.273. The van der Waals surface area contributed by atoms with Gasteiger partial charge in [-0.25, -0.2) is 4.98 Å². The van der Waals surface area contributed by atoms with Crippen LogP contribution < -0.4 is 4.90 Å². The first kappa shape index (κ1) is 18.9. The lowest BCUT2D eigenvalue weighted by molar-refractivity contribution is -0.137. The predicted molar refractivity (Wildman–Crippen MR) is 111 cm³/mol. The smallest absolute Gasteiger partial charge is 0.378 e. The van der Waals surface area contributed by atoms with Crippen LogP contribution in [-0.2, 0) is 10.9 Å². The summed E-state index contributed by atoms with van der Waals surface area (Å²) in [6.07, 6.45) is -0.401. The number of hydrogen-bond acceptors (Lipinski definition) is 4. The Kier molecular flexibility index (Phi) is 4.58. The average molecular weight is 412 g/mol. The van der Waals surface area contributed by atoms with E-state index in [9.17, 15) is 13.2 Å². The summed E-state index contributed by atoms with van der Waals surface area (Å²) in [5, 5.41) is 0.441. The molecule has 0 saturated carbocycles. The molecule has 1 fully saturated rings. The highest BCUT2D eigenvalue weighted by Crippen LogP contribution is 2.39. The number of aliphatic imine (C=N–C) groups is 1. The van der Waals surface area contributed by atoms with Crippen LogP contribution in [0, 0.1) is 0 Å². The van der Waals surface area contributed by atoms with Gasteiger partial charge in [0.2, 0.25) is 0 Å². The van der Waals surface area contributed by atoms with Crippen molar-refractivity contribution in [2.45, 2.75) is 6.18 Å². The Morgan fingerprint density at radius 2 is 1.93 bits per heavy atom. The molecule has 3 aromatic rings. The Bertz CT molecular complexity index is 1160. The number of aromatic amines is 1. The van der Waals surface area contributed by atoms with Crippen molar-refractivity contribution >= 4 is 28.5 Å². The van der Waals surface area contributed by atoms with Gasteiger partial charge >= 0.3 is 6.18 Å². The van der Waals surface area contributed by atoms with Crippen LogP contribution in [0.5, 0.6) is 0 Å². The normalized spacial score (nSPS) is 17.0. The Morgan fingerprint density at radius 1 is 1.10 bits per heavy atom. The molecule has 5 rings (SSSR count). The van der Waals surface area contributed by atoms with E-state index in [2.05, 4.69) is 19.9 Å². The van der Waals surface area contributed by atoms with Crippen LogP contribution in [0.4, 0.5) is 18.9 Å². The minimum atomic E-state index is -4.50. The van der Waals surface area contributed by atoms with Crippen LogP contribution in [0.2, 0.25) is 0 Å². The average Bonchev–Trinajstić information content (AvgIpc) is 3.43. The summed E-state index contributed by atoms with van der Waals surface area (Å²) in [6, 6.07) is 9.71. The van der Waals surface area contributed by atoms with Crippen LogP contribution in [0.25, 0.3) is 27.9 Å². The molecular weight excluding hydrogens is 393 g/mol. The van der Waals surface area contributed by atoms with Crippen molar-refractivity contribution in [2.24, 2.45) is 4.99 Å². The van der Waals surface area contributed by atoms with Crippen LogP contribution >= 0.6 is 0 Å². The molecule has 5 nitrogen and oxygen atoms in total. The zero-order chi connectivity index (χ0) is 20.7. The molecule has 4 heterocycles. The van der Waals surface area contributed by atoms with E-state index in [1.54, 1.807) is 12.1 Å². The molecule has 2 aromatic heterocycles. The molecule has 2 aliphatic rings. The number of pyridine rings is 1. The van der Waals surface area contributed by atoms with Crippen molar-refractivity contribution < 1.29 is 17.9 Å². The van der Waals surface area contributed by atoms with Crippen molar-refractivity contribution in [1.82, 2.24) is 9.97 Å². The zero-order valence-electron chi connectivity index (χ0n) is 16.0. The van der Waals surface area contributed by atoms with Gasteiger partial charge in [-0.3, -0.25) is 4.99 Å². The lowest BCUT2D eigenvalue weighted by atomic mass is 9.98. The van der Waals surface area contributed by atoms with Crippen molar-refractivity contribution in [2.75, 3.05) is 37.7 Å². The monoisotopic (exact) mass is 412 g/mol. The molecule has 0 unspecified atom stereocenters. The first-order chi connectivity index (χ1) is 14.5. The summed E-state index contributed by atoms with van der Waals surface area (Å²) >= 11 is 0. The van der Waals surface area contributed by atoms with Gasteiger partial charge in [-0.1, -0.05) is 18.2 Å². The van der Waals surface area contributed by atoms with Crippen molar-refractivity contribution in [1.29, 1.82) is 0 Å².